The molecule has 22 heavy (non-hydrogen) atoms. The zero-order valence-electron chi connectivity index (χ0n) is 12.0. The maximum absolute atomic E-state index is 12.3. The third-order valence-electron chi connectivity index (χ3n) is 4.09. The fraction of sp³-hybridized carbons (Fsp3) is 0.312. The van der Waals surface area contributed by atoms with Crippen LogP contribution in [0.5, 0.6) is 0 Å². The second-order valence-corrected chi connectivity index (χ2v) is 5.56. The fourth-order valence-corrected chi connectivity index (χ4v) is 2.89. The number of nitrogens with zero attached hydrogens (tertiary/aromatic N) is 3. The number of para-hydroxylation sites is 1. The molecule has 3 heterocycles. The van der Waals surface area contributed by atoms with Crippen molar-refractivity contribution in [3.63, 3.8) is 0 Å². The second-order valence-electron chi connectivity index (χ2n) is 5.56. The van der Waals surface area contributed by atoms with Gasteiger partial charge in [-0.2, -0.15) is 5.10 Å². The zero-order valence-corrected chi connectivity index (χ0v) is 12.0. The largest absolute Gasteiger partial charge is 0.459 e. The molecule has 6 nitrogen and oxygen atoms in total. The van der Waals surface area contributed by atoms with E-state index in [9.17, 15) is 4.79 Å². The first-order chi connectivity index (χ1) is 10.8. The van der Waals surface area contributed by atoms with Gasteiger partial charge in [-0.25, -0.2) is 9.67 Å². The minimum Gasteiger partial charge on any atom is -0.459 e. The second kappa shape index (κ2) is 5.29. The van der Waals surface area contributed by atoms with Crippen LogP contribution in [0, 0.1) is 5.92 Å². The first-order valence-corrected chi connectivity index (χ1v) is 7.41. The summed E-state index contributed by atoms with van der Waals surface area (Å²) in [5.74, 6) is 1.72. The summed E-state index contributed by atoms with van der Waals surface area (Å²) in [5.41, 5.74) is 0.844. The van der Waals surface area contributed by atoms with Crippen LogP contribution in [-0.4, -0.2) is 20.7 Å². The molecule has 1 N–H and O–H groups in total. The summed E-state index contributed by atoms with van der Waals surface area (Å²) < 4.78 is 7.52. The number of furan rings is 1. The lowest BCUT2D eigenvalue weighted by molar-refractivity contribution is -0.126. The lowest BCUT2D eigenvalue weighted by Gasteiger charge is -2.21. The van der Waals surface area contributed by atoms with Crippen molar-refractivity contribution < 1.29 is 9.21 Å². The molecule has 3 aromatic rings. The monoisotopic (exact) mass is 296 g/mol. The van der Waals surface area contributed by atoms with Gasteiger partial charge in [0.05, 0.1) is 19.0 Å². The quantitative estimate of drug-likeness (QED) is 0.801. The minimum atomic E-state index is -0.0569. The van der Waals surface area contributed by atoms with Gasteiger partial charge in [0.2, 0.25) is 5.91 Å². The summed E-state index contributed by atoms with van der Waals surface area (Å²) in [4.78, 5) is 16.5. The molecule has 0 saturated heterocycles. The van der Waals surface area contributed by atoms with Gasteiger partial charge in [0.1, 0.15) is 23.5 Å². The lowest BCUT2D eigenvalue weighted by atomic mass is 9.99. The van der Waals surface area contributed by atoms with Gasteiger partial charge in [0, 0.05) is 11.8 Å². The number of rotatable bonds is 3. The smallest absolute Gasteiger partial charge is 0.225 e. The van der Waals surface area contributed by atoms with E-state index in [0.29, 0.717) is 13.1 Å². The number of fused-ring (bicyclic) bond motifs is 2. The van der Waals surface area contributed by atoms with Crippen LogP contribution in [0.2, 0.25) is 0 Å². The Morgan fingerprint density at radius 3 is 3.23 bits per heavy atom. The average molecular weight is 296 g/mol. The Balaban J connectivity index is 1.40. The highest BCUT2D eigenvalue weighted by Gasteiger charge is 2.25. The number of carbonyl (C=O) groups excluding carboxylic acids is 1. The first-order valence-electron chi connectivity index (χ1n) is 7.41. The van der Waals surface area contributed by atoms with Crippen molar-refractivity contribution in [2.75, 3.05) is 0 Å². The van der Waals surface area contributed by atoms with E-state index in [-0.39, 0.29) is 11.8 Å². The number of nitrogens with one attached hydrogen (secondary N) is 1. The van der Waals surface area contributed by atoms with E-state index in [0.717, 1.165) is 35.4 Å². The topological polar surface area (TPSA) is 73.0 Å². The molecule has 1 unspecified atom stereocenters. The molecular weight excluding hydrogens is 280 g/mol. The van der Waals surface area contributed by atoms with Crippen LogP contribution >= 0.6 is 0 Å². The molecule has 0 bridgehead atoms. The SMILES string of the molecule is O=C(NCc1cc2ccccc2o1)C1CCc2ncnn2C1. The number of aryl methyl sites for hydroxylation is 1. The van der Waals surface area contributed by atoms with Crippen molar-refractivity contribution >= 4 is 16.9 Å². The highest BCUT2D eigenvalue weighted by molar-refractivity contribution is 5.80. The van der Waals surface area contributed by atoms with E-state index in [1.165, 1.54) is 0 Å². The van der Waals surface area contributed by atoms with Crippen molar-refractivity contribution in [1.29, 1.82) is 0 Å². The van der Waals surface area contributed by atoms with Crippen LogP contribution in [0.25, 0.3) is 11.0 Å². The molecule has 1 amide bonds. The van der Waals surface area contributed by atoms with Gasteiger partial charge >= 0.3 is 0 Å². The van der Waals surface area contributed by atoms with Gasteiger partial charge in [-0.3, -0.25) is 4.79 Å². The molecule has 6 heteroatoms. The number of hydrogen-bond acceptors (Lipinski definition) is 4. The predicted molar refractivity (Wildman–Crippen MR) is 79.9 cm³/mol. The van der Waals surface area contributed by atoms with Gasteiger partial charge in [0.15, 0.2) is 0 Å². The summed E-state index contributed by atoms with van der Waals surface area (Å²) in [6, 6.07) is 9.79. The summed E-state index contributed by atoms with van der Waals surface area (Å²) in [5, 5.41) is 8.15. The number of amides is 1. The van der Waals surface area contributed by atoms with E-state index < -0.39 is 0 Å². The van der Waals surface area contributed by atoms with Crippen molar-refractivity contribution in [2.24, 2.45) is 5.92 Å². The number of hydrogen-bond donors (Lipinski definition) is 1. The van der Waals surface area contributed by atoms with Crippen LogP contribution in [-0.2, 0) is 24.3 Å². The fourth-order valence-electron chi connectivity index (χ4n) is 2.89. The van der Waals surface area contributed by atoms with Crippen LogP contribution < -0.4 is 5.32 Å². The molecule has 0 fully saturated rings. The number of aromatic nitrogens is 3. The maximum atomic E-state index is 12.3. The van der Waals surface area contributed by atoms with Crippen LogP contribution in [0.1, 0.15) is 18.0 Å². The molecule has 1 aliphatic rings. The minimum absolute atomic E-state index is 0.0432. The number of carbonyl (C=O) groups is 1. The molecule has 0 aliphatic carbocycles. The molecule has 1 aliphatic heterocycles. The van der Waals surface area contributed by atoms with Gasteiger partial charge in [-0.15, -0.1) is 0 Å². The Morgan fingerprint density at radius 1 is 1.41 bits per heavy atom. The molecule has 0 saturated carbocycles. The highest BCUT2D eigenvalue weighted by atomic mass is 16.3. The standard InChI is InChI=1S/C16H16N4O2/c21-16(12-5-6-15-18-10-19-20(15)9-12)17-8-13-7-11-3-1-2-4-14(11)22-13/h1-4,7,10,12H,5-6,8-9H2,(H,17,21). The van der Waals surface area contributed by atoms with Crippen molar-refractivity contribution in [2.45, 2.75) is 25.9 Å². The molecule has 1 atom stereocenters. The van der Waals surface area contributed by atoms with E-state index in [1.807, 2.05) is 35.0 Å². The van der Waals surface area contributed by atoms with Gasteiger partial charge < -0.3 is 9.73 Å². The summed E-state index contributed by atoms with van der Waals surface area (Å²) in [6.45, 7) is 1.01. The Hall–Kier alpha value is -2.63. The number of benzene rings is 1. The van der Waals surface area contributed by atoms with Crippen LogP contribution in [0.4, 0.5) is 0 Å². The molecule has 112 valence electrons. The van der Waals surface area contributed by atoms with Gasteiger partial charge in [-0.1, -0.05) is 18.2 Å². The third kappa shape index (κ3) is 2.36. The Kier molecular flexibility index (Phi) is 3.14. The molecular formula is C16H16N4O2. The van der Waals surface area contributed by atoms with E-state index in [1.54, 1.807) is 6.33 Å². The Labute approximate surface area is 127 Å². The Bertz CT molecular complexity index is 787. The highest BCUT2D eigenvalue weighted by Crippen LogP contribution is 2.20. The summed E-state index contributed by atoms with van der Waals surface area (Å²) >= 11 is 0. The normalized spacial score (nSPS) is 17.4. The Morgan fingerprint density at radius 2 is 2.32 bits per heavy atom. The van der Waals surface area contributed by atoms with E-state index in [2.05, 4.69) is 15.4 Å². The maximum Gasteiger partial charge on any atom is 0.225 e. The molecule has 2 aromatic heterocycles. The van der Waals surface area contributed by atoms with Gasteiger partial charge in [0.25, 0.3) is 0 Å². The van der Waals surface area contributed by atoms with Crippen molar-refractivity contribution in [3.05, 3.63) is 48.2 Å². The first kappa shape index (κ1) is 13.1. The third-order valence-corrected chi connectivity index (χ3v) is 4.09. The van der Waals surface area contributed by atoms with Crippen LogP contribution in [0.3, 0.4) is 0 Å². The molecule has 0 radical (unpaired) electrons. The predicted octanol–water partition coefficient (Wildman–Crippen LogP) is 1.90. The van der Waals surface area contributed by atoms with Crippen molar-refractivity contribution in [3.8, 4) is 0 Å². The summed E-state index contributed by atoms with van der Waals surface area (Å²) in [6.07, 6.45) is 3.15. The molecule has 4 rings (SSSR count). The van der Waals surface area contributed by atoms with Crippen LogP contribution in [0.15, 0.2) is 41.1 Å². The molecule has 0 spiro atoms. The summed E-state index contributed by atoms with van der Waals surface area (Å²) in [7, 11) is 0. The van der Waals surface area contributed by atoms with E-state index >= 15 is 0 Å². The zero-order chi connectivity index (χ0) is 14.9. The van der Waals surface area contributed by atoms with E-state index in [4.69, 9.17) is 4.42 Å². The van der Waals surface area contributed by atoms with Crippen molar-refractivity contribution in [1.82, 2.24) is 20.1 Å². The molecule has 1 aromatic carbocycles. The van der Waals surface area contributed by atoms with Gasteiger partial charge in [-0.05, 0) is 18.6 Å². The lowest BCUT2D eigenvalue weighted by Crippen LogP contribution is -2.36. The average Bonchev–Trinajstić information content (AvgIpc) is 3.17.